The van der Waals surface area contributed by atoms with Gasteiger partial charge in [0.05, 0.1) is 0 Å². The van der Waals surface area contributed by atoms with E-state index >= 15 is 0 Å². The maximum atomic E-state index is 12.8. The van der Waals surface area contributed by atoms with Crippen LogP contribution < -0.4 is 4.74 Å². The Kier molecular flexibility index (Phi) is 3.64. The summed E-state index contributed by atoms with van der Waals surface area (Å²) in [5.41, 5.74) is 0. The number of benzene rings is 1. The summed E-state index contributed by atoms with van der Waals surface area (Å²) in [5.74, 6) is -2.25. The van der Waals surface area contributed by atoms with Crippen molar-refractivity contribution in [2.45, 2.75) is 6.92 Å². The Morgan fingerprint density at radius 2 is 2.23 bits per heavy atom. The molecule has 0 aliphatic heterocycles. The Morgan fingerprint density at radius 1 is 1.46 bits per heavy atom. The molecule has 0 aromatic heterocycles. The molecule has 1 radical (unpaired) electrons. The van der Waals surface area contributed by atoms with Crippen LogP contribution in [0.15, 0.2) is 12.1 Å². The Balaban J connectivity index is 2.61. The third-order valence-corrected chi connectivity index (χ3v) is 1.34. The monoisotopic (exact) mass is 187 g/mol. The maximum Gasteiger partial charge on any atom is 0.201 e. The third-order valence-electron chi connectivity index (χ3n) is 1.34. The first kappa shape index (κ1) is 9.92. The zero-order valence-corrected chi connectivity index (χ0v) is 7.14. The van der Waals surface area contributed by atoms with Crippen LogP contribution >= 0.6 is 0 Å². The van der Waals surface area contributed by atoms with Crippen molar-refractivity contribution in [2.24, 2.45) is 0 Å². The average Bonchev–Trinajstić information content (AvgIpc) is 2.13. The topological polar surface area (TPSA) is 18.5 Å². The van der Waals surface area contributed by atoms with Crippen molar-refractivity contribution in [1.29, 1.82) is 0 Å². The van der Waals surface area contributed by atoms with Gasteiger partial charge in [-0.25, -0.2) is 4.39 Å². The summed E-state index contributed by atoms with van der Waals surface area (Å²) < 4.78 is 35.0. The molecule has 0 spiro atoms. The van der Waals surface area contributed by atoms with E-state index in [1.807, 2.05) is 0 Å². The average molecular weight is 187 g/mol. The molecule has 2 nitrogen and oxygen atoms in total. The lowest BCUT2D eigenvalue weighted by molar-refractivity contribution is 0.0195. The summed E-state index contributed by atoms with van der Waals surface area (Å²) in [6.45, 7) is 2.12. The number of ether oxygens (including phenoxy) is 2. The molecule has 71 valence electrons. The van der Waals surface area contributed by atoms with E-state index in [0.717, 1.165) is 6.07 Å². The van der Waals surface area contributed by atoms with E-state index in [0.29, 0.717) is 6.61 Å². The van der Waals surface area contributed by atoms with Gasteiger partial charge in [-0.1, -0.05) is 0 Å². The van der Waals surface area contributed by atoms with Gasteiger partial charge < -0.3 is 9.47 Å². The quantitative estimate of drug-likeness (QED) is 0.531. The van der Waals surface area contributed by atoms with Crippen molar-refractivity contribution in [1.82, 2.24) is 0 Å². The largest absolute Gasteiger partial charge is 0.464 e. The van der Waals surface area contributed by atoms with Crippen LogP contribution in [0.5, 0.6) is 5.75 Å². The van der Waals surface area contributed by atoms with Gasteiger partial charge in [-0.15, -0.1) is 0 Å². The van der Waals surface area contributed by atoms with E-state index in [1.54, 1.807) is 6.92 Å². The summed E-state index contributed by atoms with van der Waals surface area (Å²) in [5, 5.41) is 0. The van der Waals surface area contributed by atoms with Crippen molar-refractivity contribution < 1.29 is 18.3 Å². The molecule has 13 heavy (non-hydrogen) atoms. The predicted molar refractivity (Wildman–Crippen MR) is 42.3 cm³/mol. The molecule has 0 bridgehead atoms. The van der Waals surface area contributed by atoms with Gasteiger partial charge in [-0.05, 0) is 19.1 Å². The third kappa shape index (κ3) is 2.66. The molecule has 0 atom stereocenters. The maximum absolute atomic E-state index is 12.8. The number of hydrogen-bond donors (Lipinski definition) is 0. The summed E-state index contributed by atoms with van der Waals surface area (Å²) in [7, 11) is 0. The molecule has 1 aromatic rings. The molecule has 0 saturated heterocycles. The SMILES string of the molecule is CCOCOc1[c]ccc(F)c1F. The lowest BCUT2D eigenvalue weighted by Crippen LogP contribution is -2.04. The molecule has 0 aliphatic rings. The second kappa shape index (κ2) is 4.77. The number of hydrogen-bond acceptors (Lipinski definition) is 2. The molecule has 0 heterocycles. The first-order chi connectivity index (χ1) is 6.25. The highest BCUT2D eigenvalue weighted by atomic mass is 19.2. The Hall–Kier alpha value is -1.16. The van der Waals surface area contributed by atoms with Crippen LogP contribution in [-0.4, -0.2) is 13.4 Å². The van der Waals surface area contributed by atoms with E-state index in [4.69, 9.17) is 9.47 Å². The number of rotatable bonds is 4. The standard InChI is InChI=1S/C9H9F2O2/c1-2-12-6-13-8-5-3-4-7(10)9(8)11/h3-4H,2,6H2,1H3. The fourth-order valence-corrected chi connectivity index (χ4v) is 0.724. The second-order valence-corrected chi connectivity index (χ2v) is 2.22. The molecule has 1 aromatic carbocycles. The molecular weight excluding hydrogens is 178 g/mol. The van der Waals surface area contributed by atoms with E-state index in [1.165, 1.54) is 6.07 Å². The van der Waals surface area contributed by atoms with E-state index in [9.17, 15) is 8.78 Å². The molecular formula is C9H9F2O2. The van der Waals surface area contributed by atoms with E-state index in [-0.39, 0.29) is 12.5 Å². The molecule has 0 fully saturated rings. The number of halogens is 2. The Bertz CT molecular complexity index is 276. The van der Waals surface area contributed by atoms with Gasteiger partial charge in [-0.2, -0.15) is 4.39 Å². The van der Waals surface area contributed by atoms with Gasteiger partial charge in [0.25, 0.3) is 0 Å². The zero-order valence-electron chi connectivity index (χ0n) is 7.14. The predicted octanol–water partition coefficient (Wildman–Crippen LogP) is 2.14. The molecule has 0 unspecified atom stereocenters. The fraction of sp³-hybridized carbons (Fsp3) is 0.333. The van der Waals surface area contributed by atoms with Crippen molar-refractivity contribution in [2.75, 3.05) is 13.4 Å². The minimum atomic E-state index is -1.04. The minimum Gasteiger partial charge on any atom is -0.464 e. The summed E-state index contributed by atoms with van der Waals surface area (Å²) >= 11 is 0. The van der Waals surface area contributed by atoms with Crippen molar-refractivity contribution >= 4 is 0 Å². The summed E-state index contributed by atoms with van der Waals surface area (Å²) in [6.07, 6.45) is 0. The highest BCUT2D eigenvalue weighted by Gasteiger charge is 2.08. The van der Waals surface area contributed by atoms with Crippen LogP contribution in [0.25, 0.3) is 0 Å². The Morgan fingerprint density at radius 3 is 2.92 bits per heavy atom. The first-order valence-corrected chi connectivity index (χ1v) is 3.82. The van der Waals surface area contributed by atoms with Crippen LogP contribution in [0.1, 0.15) is 6.92 Å². The van der Waals surface area contributed by atoms with E-state index in [2.05, 4.69) is 6.07 Å². The van der Waals surface area contributed by atoms with Gasteiger partial charge in [0.1, 0.15) is 0 Å². The summed E-state index contributed by atoms with van der Waals surface area (Å²) in [4.78, 5) is 0. The van der Waals surface area contributed by atoms with Crippen LogP contribution in [0.2, 0.25) is 0 Å². The van der Waals surface area contributed by atoms with Crippen LogP contribution in [0.4, 0.5) is 8.78 Å². The Labute approximate surface area is 75.1 Å². The molecule has 0 saturated carbocycles. The van der Waals surface area contributed by atoms with Gasteiger partial charge >= 0.3 is 0 Å². The minimum absolute atomic E-state index is 0.104. The van der Waals surface area contributed by atoms with Crippen molar-refractivity contribution in [3.63, 3.8) is 0 Å². The zero-order chi connectivity index (χ0) is 9.68. The van der Waals surface area contributed by atoms with Crippen molar-refractivity contribution in [3.05, 3.63) is 29.8 Å². The second-order valence-electron chi connectivity index (χ2n) is 2.22. The summed E-state index contributed by atoms with van der Waals surface area (Å²) in [6, 6.07) is 4.64. The molecule has 4 heteroatoms. The molecule has 1 rings (SSSR count). The normalized spacial score (nSPS) is 10.1. The first-order valence-electron chi connectivity index (χ1n) is 3.82. The molecule has 0 amide bonds. The van der Waals surface area contributed by atoms with Crippen LogP contribution in [0, 0.1) is 17.7 Å². The smallest absolute Gasteiger partial charge is 0.201 e. The van der Waals surface area contributed by atoms with Gasteiger partial charge in [0.15, 0.2) is 18.4 Å². The van der Waals surface area contributed by atoms with Crippen LogP contribution in [0.3, 0.4) is 0 Å². The van der Waals surface area contributed by atoms with Gasteiger partial charge in [0.2, 0.25) is 5.82 Å². The van der Waals surface area contributed by atoms with Gasteiger partial charge in [-0.3, -0.25) is 0 Å². The van der Waals surface area contributed by atoms with Gasteiger partial charge in [0, 0.05) is 12.7 Å². The molecule has 0 N–H and O–H groups in total. The highest BCUT2D eigenvalue weighted by molar-refractivity contribution is 5.23. The van der Waals surface area contributed by atoms with Crippen molar-refractivity contribution in [3.8, 4) is 5.75 Å². The molecule has 0 aliphatic carbocycles. The fourth-order valence-electron chi connectivity index (χ4n) is 0.724. The lowest BCUT2D eigenvalue weighted by atomic mass is 10.3. The lowest BCUT2D eigenvalue weighted by Gasteiger charge is -2.05. The van der Waals surface area contributed by atoms with Crippen LogP contribution in [-0.2, 0) is 4.74 Å². The van der Waals surface area contributed by atoms with E-state index < -0.39 is 11.6 Å². The highest BCUT2D eigenvalue weighted by Crippen LogP contribution is 2.18.